The van der Waals surface area contributed by atoms with E-state index in [1.807, 2.05) is 6.92 Å². The predicted octanol–water partition coefficient (Wildman–Crippen LogP) is -0.101. The van der Waals surface area contributed by atoms with Crippen LogP contribution in [-0.2, 0) is 9.59 Å². The Morgan fingerprint density at radius 3 is 2.74 bits per heavy atom. The van der Waals surface area contributed by atoms with Gasteiger partial charge in [0.2, 0.25) is 5.91 Å². The van der Waals surface area contributed by atoms with Gasteiger partial charge in [-0.2, -0.15) is 0 Å². The zero-order valence-electron chi connectivity index (χ0n) is 11.9. The molecule has 1 atom stereocenters. The Morgan fingerprint density at radius 1 is 1.37 bits per heavy atom. The molecule has 0 aromatic carbocycles. The van der Waals surface area contributed by atoms with Crippen molar-refractivity contribution < 1.29 is 14.7 Å². The van der Waals surface area contributed by atoms with E-state index in [0.29, 0.717) is 13.0 Å². The third kappa shape index (κ3) is 5.16. The summed E-state index contributed by atoms with van der Waals surface area (Å²) in [5.41, 5.74) is -0.879. The molecule has 1 unspecified atom stereocenters. The van der Waals surface area contributed by atoms with E-state index in [4.69, 9.17) is 5.11 Å². The van der Waals surface area contributed by atoms with Crippen LogP contribution in [0.25, 0.3) is 0 Å². The van der Waals surface area contributed by atoms with Crippen LogP contribution in [0.5, 0.6) is 0 Å². The minimum absolute atomic E-state index is 0.0946. The van der Waals surface area contributed by atoms with Crippen LogP contribution < -0.4 is 10.6 Å². The van der Waals surface area contributed by atoms with Gasteiger partial charge in [-0.15, -0.1) is 0 Å². The number of amides is 1. The molecule has 0 aliphatic carbocycles. The van der Waals surface area contributed by atoms with Crippen LogP contribution in [0.3, 0.4) is 0 Å². The monoisotopic (exact) mass is 271 g/mol. The molecule has 1 aliphatic heterocycles. The van der Waals surface area contributed by atoms with E-state index in [1.165, 1.54) is 0 Å². The van der Waals surface area contributed by atoms with Gasteiger partial charge < -0.3 is 15.7 Å². The van der Waals surface area contributed by atoms with Crippen LogP contribution in [0.15, 0.2) is 0 Å². The summed E-state index contributed by atoms with van der Waals surface area (Å²) in [5, 5.41) is 15.2. The highest BCUT2D eigenvalue weighted by Gasteiger charge is 2.31. The van der Waals surface area contributed by atoms with E-state index in [9.17, 15) is 9.59 Å². The number of aliphatic carboxylic acids is 1. The number of carboxylic acids is 1. The van der Waals surface area contributed by atoms with Crippen LogP contribution in [-0.4, -0.2) is 61.2 Å². The highest BCUT2D eigenvalue weighted by Crippen LogP contribution is 2.19. The molecule has 6 nitrogen and oxygen atoms in total. The number of nitrogens with one attached hydrogen (secondary N) is 2. The molecule has 1 rings (SSSR count). The standard InChI is InChI=1S/C13H25N3O3/c1-3-13(2,12(18)19)10-15-11(17)9-16-7-4-5-14-6-8-16/h14H,3-10H2,1-2H3,(H,15,17)(H,18,19). The van der Waals surface area contributed by atoms with E-state index >= 15 is 0 Å². The first-order valence-corrected chi connectivity index (χ1v) is 6.91. The summed E-state index contributed by atoms with van der Waals surface area (Å²) in [6, 6.07) is 0. The predicted molar refractivity (Wildman–Crippen MR) is 73.0 cm³/mol. The molecular formula is C13H25N3O3. The van der Waals surface area contributed by atoms with Gasteiger partial charge in [0.1, 0.15) is 0 Å². The van der Waals surface area contributed by atoms with E-state index in [1.54, 1.807) is 6.92 Å². The Kier molecular flexibility index (Phi) is 6.24. The van der Waals surface area contributed by atoms with Gasteiger partial charge in [0, 0.05) is 19.6 Å². The largest absolute Gasteiger partial charge is 0.481 e. The molecule has 1 heterocycles. The number of carbonyl (C=O) groups is 2. The molecule has 6 heteroatoms. The van der Waals surface area contributed by atoms with Crippen molar-refractivity contribution in [1.82, 2.24) is 15.5 Å². The molecule has 0 bridgehead atoms. The average molecular weight is 271 g/mol. The maximum Gasteiger partial charge on any atom is 0.311 e. The lowest BCUT2D eigenvalue weighted by molar-refractivity contribution is -0.148. The zero-order chi connectivity index (χ0) is 14.3. The normalized spacial score (nSPS) is 20.3. The second-order valence-corrected chi connectivity index (χ2v) is 5.38. The quantitative estimate of drug-likeness (QED) is 0.628. The van der Waals surface area contributed by atoms with E-state index in [0.717, 1.165) is 32.6 Å². The molecule has 1 amide bonds. The molecule has 0 aromatic heterocycles. The molecule has 0 saturated carbocycles. The van der Waals surface area contributed by atoms with Gasteiger partial charge in [-0.3, -0.25) is 14.5 Å². The van der Waals surface area contributed by atoms with Gasteiger partial charge in [-0.25, -0.2) is 0 Å². The molecule has 110 valence electrons. The second kappa shape index (κ2) is 7.45. The molecule has 0 radical (unpaired) electrons. The van der Waals surface area contributed by atoms with Crippen molar-refractivity contribution in [2.24, 2.45) is 5.41 Å². The highest BCUT2D eigenvalue weighted by atomic mass is 16.4. The minimum Gasteiger partial charge on any atom is -0.481 e. The first kappa shape index (κ1) is 15.9. The van der Waals surface area contributed by atoms with Crippen molar-refractivity contribution in [3.05, 3.63) is 0 Å². The summed E-state index contributed by atoms with van der Waals surface area (Å²) < 4.78 is 0. The number of rotatable bonds is 6. The van der Waals surface area contributed by atoms with Crippen LogP contribution in [0.2, 0.25) is 0 Å². The minimum atomic E-state index is -0.879. The summed E-state index contributed by atoms with van der Waals surface area (Å²) in [5.74, 6) is -0.961. The topological polar surface area (TPSA) is 81.7 Å². The van der Waals surface area contributed by atoms with Crippen molar-refractivity contribution in [3.8, 4) is 0 Å². The fraction of sp³-hybridized carbons (Fsp3) is 0.846. The Labute approximate surface area is 114 Å². The summed E-state index contributed by atoms with van der Waals surface area (Å²) >= 11 is 0. The van der Waals surface area contributed by atoms with Crippen LogP contribution in [0.1, 0.15) is 26.7 Å². The summed E-state index contributed by atoms with van der Waals surface area (Å²) in [7, 11) is 0. The van der Waals surface area contributed by atoms with E-state index in [-0.39, 0.29) is 12.5 Å². The van der Waals surface area contributed by atoms with Gasteiger partial charge in [-0.1, -0.05) is 6.92 Å². The maximum absolute atomic E-state index is 11.8. The fourth-order valence-corrected chi connectivity index (χ4v) is 1.96. The first-order valence-electron chi connectivity index (χ1n) is 6.91. The van der Waals surface area contributed by atoms with Crippen molar-refractivity contribution in [2.45, 2.75) is 26.7 Å². The number of carbonyl (C=O) groups excluding carboxylic acids is 1. The molecule has 0 aromatic rings. The van der Waals surface area contributed by atoms with Crippen molar-refractivity contribution in [2.75, 3.05) is 39.3 Å². The van der Waals surface area contributed by atoms with Gasteiger partial charge in [0.05, 0.1) is 12.0 Å². The average Bonchev–Trinajstić information content (AvgIpc) is 2.64. The van der Waals surface area contributed by atoms with Gasteiger partial charge in [-0.05, 0) is 32.9 Å². The molecule has 0 spiro atoms. The Bertz CT molecular complexity index is 314. The van der Waals surface area contributed by atoms with E-state index < -0.39 is 11.4 Å². The Balaban J connectivity index is 2.36. The molecular weight excluding hydrogens is 246 g/mol. The smallest absolute Gasteiger partial charge is 0.311 e. The molecule has 1 fully saturated rings. The number of hydrogen-bond donors (Lipinski definition) is 3. The second-order valence-electron chi connectivity index (χ2n) is 5.38. The van der Waals surface area contributed by atoms with Crippen molar-refractivity contribution in [3.63, 3.8) is 0 Å². The van der Waals surface area contributed by atoms with Gasteiger partial charge in [0.25, 0.3) is 0 Å². The highest BCUT2D eigenvalue weighted by molar-refractivity contribution is 5.80. The lowest BCUT2D eigenvalue weighted by Crippen LogP contribution is -2.45. The fourth-order valence-electron chi connectivity index (χ4n) is 1.96. The number of carboxylic acid groups (broad SMARTS) is 1. The Morgan fingerprint density at radius 2 is 2.11 bits per heavy atom. The lowest BCUT2D eigenvalue weighted by atomic mass is 9.88. The van der Waals surface area contributed by atoms with Crippen LogP contribution >= 0.6 is 0 Å². The zero-order valence-corrected chi connectivity index (χ0v) is 11.9. The van der Waals surface area contributed by atoms with Crippen molar-refractivity contribution in [1.29, 1.82) is 0 Å². The lowest BCUT2D eigenvalue weighted by Gasteiger charge is -2.24. The number of nitrogens with zero attached hydrogens (tertiary/aromatic N) is 1. The van der Waals surface area contributed by atoms with E-state index in [2.05, 4.69) is 15.5 Å². The SMILES string of the molecule is CCC(C)(CNC(=O)CN1CCCNCC1)C(=O)O. The maximum atomic E-state index is 11.8. The first-order chi connectivity index (χ1) is 8.98. The summed E-state index contributed by atoms with van der Waals surface area (Å²) in [6.07, 6.45) is 1.53. The third-order valence-electron chi connectivity index (χ3n) is 3.77. The van der Waals surface area contributed by atoms with Gasteiger partial charge >= 0.3 is 5.97 Å². The Hall–Kier alpha value is -1.14. The van der Waals surface area contributed by atoms with Crippen LogP contribution in [0, 0.1) is 5.41 Å². The third-order valence-corrected chi connectivity index (χ3v) is 3.77. The number of hydrogen-bond acceptors (Lipinski definition) is 4. The molecule has 1 saturated heterocycles. The summed E-state index contributed by atoms with van der Waals surface area (Å²) in [4.78, 5) is 25.1. The van der Waals surface area contributed by atoms with Crippen molar-refractivity contribution >= 4 is 11.9 Å². The molecule has 19 heavy (non-hydrogen) atoms. The molecule has 1 aliphatic rings. The summed E-state index contributed by atoms with van der Waals surface area (Å²) in [6.45, 7) is 7.67. The molecule has 3 N–H and O–H groups in total. The van der Waals surface area contributed by atoms with Gasteiger partial charge in [0.15, 0.2) is 0 Å². The van der Waals surface area contributed by atoms with Crippen LogP contribution in [0.4, 0.5) is 0 Å².